The quantitative estimate of drug-likeness (QED) is 0.636. The largest absolute Gasteiger partial charge is 0.497 e. The van der Waals surface area contributed by atoms with Crippen molar-refractivity contribution in [1.82, 2.24) is 19.7 Å². The minimum absolute atomic E-state index is 0.0842. The fourth-order valence-electron chi connectivity index (χ4n) is 2.73. The Balaban J connectivity index is 2.15. The van der Waals surface area contributed by atoms with Crippen LogP contribution in [0.1, 0.15) is 20.3 Å². The average molecular weight is 391 g/mol. The van der Waals surface area contributed by atoms with Crippen molar-refractivity contribution in [1.29, 1.82) is 0 Å². The molecule has 0 atom stereocenters. The zero-order valence-electron chi connectivity index (χ0n) is 15.8. The van der Waals surface area contributed by atoms with Crippen molar-refractivity contribution in [3.8, 4) is 17.1 Å². The summed E-state index contributed by atoms with van der Waals surface area (Å²) in [5.41, 5.74) is 6.12. The van der Waals surface area contributed by atoms with Gasteiger partial charge in [-0.05, 0) is 42.4 Å². The van der Waals surface area contributed by atoms with E-state index < -0.39 is 5.91 Å². The van der Waals surface area contributed by atoms with Gasteiger partial charge in [-0.2, -0.15) is 5.10 Å². The molecule has 0 unspecified atom stereocenters. The van der Waals surface area contributed by atoms with E-state index in [2.05, 4.69) is 10.2 Å². The molecule has 0 radical (unpaired) electrons. The minimum atomic E-state index is -0.525. The molecule has 0 aliphatic rings. The van der Waals surface area contributed by atoms with Crippen LogP contribution in [0.25, 0.3) is 11.4 Å². The van der Waals surface area contributed by atoms with Crippen LogP contribution < -0.4 is 10.5 Å². The van der Waals surface area contributed by atoms with Crippen LogP contribution in [0.3, 0.4) is 0 Å². The zero-order chi connectivity index (χ0) is 20.0. The number of methoxy groups -OCH3 is 1. The van der Waals surface area contributed by atoms with Gasteiger partial charge in [0.05, 0.1) is 13.7 Å². The number of benzene rings is 1. The fraction of sp³-hybridized carbons (Fsp3) is 0.444. The molecule has 0 aliphatic heterocycles. The van der Waals surface area contributed by atoms with Gasteiger partial charge in [0.25, 0.3) is 0 Å². The second-order valence-electron chi connectivity index (χ2n) is 6.62. The van der Waals surface area contributed by atoms with Gasteiger partial charge in [0.2, 0.25) is 11.8 Å². The Kier molecular flexibility index (Phi) is 7.12. The van der Waals surface area contributed by atoms with Crippen molar-refractivity contribution >= 4 is 24.0 Å². The van der Waals surface area contributed by atoms with E-state index in [9.17, 15) is 9.59 Å². The Bertz CT molecular complexity index is 841. The van der Waals surface area contributed by atoms with Crippen LogP contribution >= 0.6 is 12.2 Å². The maximum atomic E-state index is 12.6. The molecule has 0 spiro atoms. The average Bonchev–Trinajstić information content (AvgIpc) is 2.99. The highest BCUT2D eigenvalue weighted by atomic mass is 32.1. The first kappa shape index (κ1) is 20.6. The van der Waals surface area contributed by atoms with E-state index in [0.717, 1.165) is 11.3 Å². The molecule has 1 heterocycles. The number of carbonyl (C=O) groups excluding carboxylic acids is 2. The van der Waals surface area contributed by atoms with Crippen LogP contribution in [0.4, 0.5) is 0 Å². The first-order chi connectivity index (χ1) is 12.8. The molecule has 27 heavy (non-hydrogen) atoms. The van der Waals surface area contributed by atoms with Gasteiger partial charge in [0.15, 0.2) is 10.6 Å². The van der Waals surface area contributed by atoms with Crippen molar-refractivity contribution in [2.24, 2.45) is 11.7 Å². The normalized spacial score (nSPS) is 10.8. The number of primary amides is 1. The van der Waals surface area contributed by atoms with Crippen molar-refractivity contribution in [2.45, 2.75) is 26.8 Å². The van der Waals surface area contributed by atoms with Gasteiger partial charge in [-0.15, -0.1) is 0 Å². The lowest BCUT2D eigenvalue weighted by atomic mass is 10.2. The number of aromatic amines is 1. The van der Waals surface area contributed by atoms with Crippen LogP contribution in [0.15, 0.2) is 24.3 Å². The third-order valence-electron chi connectivity index (χ3n) is 3.94. The Morgan fingerprint density at radius 1 is 1.33 bits per heavy atom. The molecule has 146 valence electrons. The van der Waals surface area contributed by atoms with Crippen LogP contribution in [-0.2, 0) is 16.1 Å². The maximum absolute atomic E-state index is 12.6. The Hall–Kier alpha value is -2.68. The molecule has 0 fully saturated rings. The van der Waals surface area contributed by atoms with Gasteiger partial charge in [-0.25, -0.2) is 0 Å². The SMILES string of the molecule is COc1ccc(-c2n[nH]c(=S)n2CCC(=O)N(CC(N)=O)CC(C)C)cc1. The third-order valence-corrected chi connectivity index (χ3v) is 4.25. The predicted molar refractivity (Wildman–Crippen MR) is 105 cm³/mol. The highest BCUT2D eigenvalue weighted by molar-refractivity contribution is 7.71. The van der Waals surface area contributed by atoms with E-state index in [1.807, 2.05) is 38.1 Å². The number of nitrogens with two attached hydrogens (primary N) is 1. The Labute approximate surface area is 163 Å². The number of rotatable bonds is 9. The lowest BCUT2D eigenvalue weighted by Crippen LogP contribution is -2.40. The summed E-state index contributed by atoms with van der Waals surface area (Å²) in [6, 6.07) is 7.42. The lowest BCUT2D eigenvalue weighted by molar-refractivity contribution is -0.135. The molecule has 0 bridgehead atoms. The first-order valence-corrected chi connectivity index (χ1v) is 9.08. The summed E-state index contributed by atoms with van der Waals surface area (Å²) in [5.74, 6) is 0.944. The molecular formula is C18H25N5O3S. The van der Waals surface area contributed by atoms with Crippen LogP contribution in [-0.4, -0.2) is 51.7 Å². The maximum Gasteiger partial charge on any atom is 0.237 e. The van der Waals surface area contributed by atoms with Gasteiger partial charge in [0.1, 0.15) is 5.75 Å². The number of carbonyl (C=O) groups is 2. The summed E-state index contributed by atoms with van der Waals surface area (Å²) in [6.07, 6.45) is 0.191. The van der Waals surface area contributed by atoms with Crippen LogP contribution in [0.2, 0.25) is 0 Å². The second-order valence-corrected chi connectivity index (χ2v) is 7.00. The van der Waals surface area contributed by atoms with Gasteiger partial charge in [0, 0.05) is 25.1 Å². The number of amides is 2. The molecule has 3 N–H and O–H groups in total. The summed E-state index contributed by atoms with van der Waals surface area (Å²) >= 11 is 5.30. The number of nitrogens with one attached hydrogen (secondary N) is 1. The Morgan fingerprint density at radius 2 is 2.00 bits per heavy atom. The number of nitrogens with zero attached hydrogens (tertiary/aromatic N) is 3. The molecule has 0 saturated carbocycles. The van der Waals surface area contributed by atoms with Crippen molar-refractivity contribution in [3.05, 3.63) is 29.0 Å². The van der Waals surface area contributed by atoms with Crippen molar-refractivity contribution < 1.29 is 14.3 Å². The highest BCUT2D eigenvalue weighted by Crippen LogP contribution is 2.21. The Morgan fingerprint density at radius 3 is 2.56 bits per heavy atom. The molecule has 1 aromatic heterocycles. The molecule has 2 rings (SSSR count). The van der Waals surface area contributed by atoms with E-state index in [4.69, 9.17) is 22.7 Å². The van der Waals surface area contributed by atoms with E-state index in [0.29, 0.717) is 23.7 Å². The van der Waals surface area contributed by atoms with E-state index in [1.54, 1.807) is 11.7 Å². The molecule has 2 aromatic rings. The molecule has 0 aliphatic carbocycles. The minimum Gasteiger partial charge on any atom is -0.497 e. The zero-order valence-corrected chi connectivity index (χ0v) is 16.6. The summed E-state index contributed by atoms with van der Waals surface area (Å²) in [5, 5.41) is 7.03. The number of H-pyrrole nitrogens is 1. The molecule has 8 nitrogen and oxygen atoms in total. The lowest BCUT2D eigenvalue weighted by Gasteiger charge is -2.23. The smallest absolute Gasteiger partial charge is 0.237 e. The van der Waals surface area contributed by atoms with E-state index in [-0.39, 0.29) is 24.8 Å². The van der Waals surface area contributed by atoms with Crippen molar-refractivity contribution in [2.75, 3.05) is 20.2 Å². The number of ether oxygens (including phenoxy) is 1. The number of aromatic nitrogens is 3. The first-order valence-electron chi connectivity index (χ1n) is 8.67. The standard InChI is InChI=1S/C18H25N5O3S/c1-12(2)10-22(11-15(19)24)16(25)8-9-23-17(20-21-18(23)27)13-4-6-14(26-3)7-5-13/h4-7,12H,8-11H2,1-3H3,(H2,19,24)(H,21,27). The summed E-state index contributed by atoms with van der Waals surface area (Å²) in [4.78, 5) is 25.3. The predicted octanol–water partition coefficient (Wildman–Crippen LogP) is 1.98. The highest BCUT2D eigenvalue weighted by Gasteiger charge is 2.18. The number of hydrogen-bond acceptors (Lipinski definition) is 5. The topological polar surface area (TPSA) is 106 Å². The van der Waals surface area contributed by atoms with Crippen LogP contribution in [0.5, 0.6) is 5.75 Å². The molecule has 1 aromatic carbocycles. The number of hydrogen-bond donors (Lipinski definition) is 2. The van der Waals surface area contributed by atoms with Gasteiger partial charge in [-0.3, -0.25) is 19.3 Å². The third kappa shape index (κ3) is 5.65. The monoisotopic (exact) mass is 391 g/mol. The van der Waals surface area contributed by atoms with Gasteiger partial charge in [-0.1, -0.05) is 13.8 Å². The molecule has 9 heteroatoms. The molecule has 0 saturated heterocycles. The summed E-state index contributed by atoms with van der Waals surface area (Å²) in [6.45, 7) is 4.70. The van der Waals surface area contributed by atoms with Gasteiger partial charge >= 0.3 is 0 Å². The van der Waals surface area contributed by atoms with Crippen molar-refractivity contribution in [3.63, 3.8) is 0 Å². The molecule has 2 amide bonds. The molecular weight excluding hydrogens is 366 g/mol. The summed E-state index contributed by atoms with van der Waals surface area (Å²) in [7, 11) is 1.60. The summed E-state index contributed by atoms with van der Waals surface area (Å²) < 4.78 is 7.37. The fourth-order valence-corrected chi connectivity index (χ4v) is 2.96. The van der Waals surface area contributed by atoms with E-state index in [1.165, 1.54) is 4.90 Å². The van der Waals surface area contributed by atoms with E-state index >= 15 is 0 Å². The van der Waals surface area contributed by atoms with Gasteiger partial charge < -0.3 is 15.4 Å². The van der Waals surface area contributed by atoms with Crippen LogP contribution in [0, 0.1) is 10.7 Å². The second kappa shape index (κ2) is 9.31.